The van der Waals surface area contributed by atoms with Crippen LogP contribution in [0.4, 0.5) is 5.69 Å². The summed E-state index contributed by atoms with van der Waals surface area (Å²) in [5.74, 6) is -0.822. The number of hydrogen-bond acceptors (Lipinski definition) is 2. The van der Waals surface area contributed by atoms with E-state index >= 15 is 0 Å². The molecule has 0 unspecified atom stereocenters. The highest BCUT2D eigenvalue weighted by atomic mass is 79.9. The van der Waals surface area contributed by atoms with Gasteiger partial charge < -0.3 is 11.1 Å². The highest BCUT2D eigenvalue weighted by molar-refractivity contribution is 9.10. The fraction of sp³-hybridized carbons (Fsp3) is 0.125. The van der Waals surface area contributed by atoms with Gasteiger partial charge in [0, 0.05) is 21.3 Å². The van der Waals surface area contributed by atoms with Gasteiger partial charge in [0.15, 0.2) is 0 Å². The Labute approximate surface area is 131 Å². The normalized spacial score (nSPS) is 10.2. The van der Waals surface area contributed by atoms with Crippen molar-refractivity contribution in [2.24, 2.45) is 5.73 Å². The van der Waals surface area contributed by atoms with E-state index in [1.807, 2.05) is 25.1 Å². The average Bonchev–Trinajstić information content (AvgIpc) is 2.49. The van der Waals surface area contributed by atoms with E-state index in [9.17, 15) is 9.59 Å². The third-order valence-corrected chi connectivity index (χ3v) is 3.60. The standard InChI is InChI=1S/C16H15BrN2O2/c1-2-10-9-13(17)6-7-14(10)19-16(21)12-5-3-4-11(8-12)15(18)20/h3-9H,2H2,1H3,(H2,18,20)(H,19,21). The van der Waals surface area contributed by atoms with Crippen molar-refractivity contribution >= 4 is 33.4 Å². The molecule has 0 heterocycles. The predicted octanol–water partition coefficient (Wildman–Crippen LogP) is 3.36. The van der Waals surface area contributed by atoms with Crippen LogP contribution in [-0.2, 0) is 6.42 Å². The number of halogens is 1. The summed E-state index contributed by atoms with van der Waals surface area (Å²) < 4.78 is 0.966. The van der Waals surface area contributed by atoms with Crippen molar-refractivity contribution in [3.63, 3.8) is 0 Å². The van der Waals surface area contributed by atoms with Crippen LogP contribution >= 0.6 is 15.9 Å². The van der Waals surface area contributed by atoms with Crippen LogP contribution in [0.15, 0.2) is 46.9 Å². The molecular formula is C16H15BrN2O2. The van der Waals surface area contributed by atoms with Crippen molar-refractivity contribution in [3.8, 4) is 0 Å². The summed E-state index contributed by atoms with van der Waals surface area (Å²) in [6.45, 7) is 2.02. The molecule has 5 heteroatoms. The minimum Gasteiger partial charge on any atom is -0.366 e. The van der Waals surface area contributed by atoms with Gasteiger partial charge in [0.25, 0.3) is 5.91 Å². The molecule has 108 valence electrons. The minimum absolute atomic E-state index is 0.268. The number of primary amides is 1. The lowest BCUT2D eigenvalue weighted by molar-refractivity contribution is 0.1000. The van der Waals surface area contributed by atoms with Crippen molar-refractivity contribution in [3.05, 3.63) is 63.6 Å². The summed E-state index contributed by atoms with van der Waals surface area (Å²) in [5.41, 5.74) is 7.73. The first-order valence-electron chi connectivity index (χ1n) is 6.51. The zero-order valence-electron chi connectivity index (χ0n) is 11.5. The molecule has 0 atom stereocenters. The highest BCUT2D eigenvalue weighted by Gasteiger charge is 2.10. The molecule has 0 spiro atoms. The summed E-state index contributed by atoms with van der Waals surface area (Å²) in [6, 6.07) is 12.0. The maximum Gasteiger partial charge on any atom is 0.255 e. The van der Waals surface area contributed by atoms with Gasteiger partial charge in [0.05, 0.1) is 0 Å². The van der Waals surface area contributed by atoms with Gasteiger partial charge in [-0.05, 0) is 48.4 Å². The quantitative estimate of drug-likeness (QED) is 0.890. The van der Waals surface area contributed by atoms with Gasteiger partial charge in [-0.2, -0.15) is 0 Å². The van der Waals surface area contributed by atoms with Gasteiger partial charge >= 0.3 is 0 Å². The molecule has 3 N–H and O–H groups in total. The Morgan fingerprint density at radius 1 is 1.14 bits per heavy atom. The number of carbonyl (C=O) groups excluding carboxylic acids is 2. The number of hydrogen-bond donors (Lipinski definition) is 2. The van der Waals surface area contributed by atoms with Crippen molar-refractivity contribution in [1.29, 1.82) is 0 Å². The summed E-state index contributed by atoms with van der Waals surface area (Å²) in [4.78, 5) is 23.4. The molecule has 0 aliphatic carbocycles. The van der Waals surface area contributed by atoms with E-state index in [4.69, 9.17) is 5.73 Å². The number of carbonyl (C=O) groups is 2. The van der Waals surface area contributed by atoms with Crippen molar-refractivity contribution in [1.82, 2.24) is 0 Å². The lowest BCUT2D eigenvalue weighted by Crippen LogP contribution is -2.16. The predicted molar refractivity (Wildman–Crippen MR) is 86.4 cm³/mol. The number of benzene rings is 2. The van der Waals surface area contributed by atoms with Gasteiger partial charge in [-0.15, -0.1) is 0 Å². The van der Waals surface area contributed by atoms with Crippen LogP contribution in [-0.4, -0.2) is 11.8 Å². The number of amides is 2. The van der Waals surface area contributed by atoms with E-state index in [1.165, 1.54) is 6.07 Å². The van der Waals surface area contributed by atoms with Gasteiger partial charge in [-0.3, -0.25) is 9.59 Å². The second kappa shape index (κ2) is 6.54. The molecule has 2 amide bonds. The zero-order valence-corrected chi connectivity index (χ0v) is 13.1. The molecule has 4 nitrogen and oxygen atoms in total. The largest absolute Gasteiger partial charge is 0.366 e. The summed E-state index contributed by atoms with van der Waals surface area (Å²) in [6.07, 6.45) is 0.802. The molecule has 0 saturated heterocycles. The Balaban J connectivity index is 2.26. The molecule has 0 fully saturated rings. The van der Waals surface area contributed by atoms with Crippen LogP contribution in [0.2, 0.25) is 0 Å². The monoisotopic (exact) mass is 346 g/mol. The topological polar surface area (TPSA) is 72.2 Å². The zero-order chi connectivity index (χ0) is 15.4. The maximum atomic E-state index is 12.3. The number of nitrogens with two attached hydrogens (primary N) is 1. The van der Waals surface area contributed by atoms with E-state index in [0.29, 0.717) is 11.1 Å². The van der Waals surface area contributed by atoms with Crippen LogP contribution < -0.4 is 11.1 Å². The van der Waals surface area contributed by atoms with Gasteiger partial charge in [0.1, 0.15) is 0 Å². The summed E-state index contributed by atoms with van der Waals surface area (Å²) >= 11 is 3.41. The van der Waals surface area contributed by atoms with Crippen LogP contribution in [0.25, 0.3) is 0 Å². The molecule has 0 radical (unpaired) electrons. The van der Waals surface area contributed by atoms with Crippen LogP contribution in [0.3, 0.4) is 0 Å². The Kier molecular flexibility index (Phi) is 4.75. The number of rotatable bonds is 4. The maximum absolute atomic E-state index is 12.3. The molecule has 2 aromatic rings. The number of aryl methyl sites for hydroxylation is 1. The van der Waals surface area contributed by atoms with Crippen molar-refractivity contribution in [2.45, 2.75) is 13.3 Å². The third kappa shape index (κ3) is 3.70. The molecule has 0 saturated carbocycles. The lowest BCUT2D eigenvalue weighted by Gasteiger charge is -2.11. The smallest absolute Gasteiger partial charge is 0.255 e. The minimum atomic E-state index is -0.553. The van der Waals surface area contributed by atoms with Crippen molar-refractivity contribution < 1.29 is 9.59 Å². The van der Waals surface area contributed by atoms with E-state index in [1.54, 1.807) is 18.2 Å². The SMILES string of the molecule is CCc1cc(Br)ccc1NC(=O)c1cccc(C(N)=O)c1. The third-order valence-electron chi connectivity index (χ3n) is 3.11. The first-order chi connectivity index (χ1) is 10.0. The van der Waals surface area contributed by atoms with E-state index < -0.39 is 5.91 Å². The van der Waals surface area contributed by atoms with Gasteiger partial charge in [0.2, 0.25) is 5.91 Å². The first-order valence-corrected chi connectivity index (χ1v) is 7.30. The Hall–Kier alpha value is -2.14. The second-order valence-corrected chi connectivity index (χ2v) is 5.47. The number of nitrogens with one attached hydrogen (secondary N) is 1. The Morgan fingerprint density at radius 3 is 2.52 bits per heavy atom. The van der Waals surface area contributed by atoms with E-state index in [-0.39, 0.29) is 5.91 Å². The van der Waals surface area contributed by atoms with Gasteiger partial charge in [-0.25, -0.2) is 0 Å². The van der Waals surface area contributed by atoms with Crippen LogP contribution in [0.5, 0.6) is 0 Å². The molecule has 21 heavy (non-hydrogen) atoms. The summed E-state index contributed by atoms with van der Waals surface area (Å²) in [7, 11) is 0. The molecule has 0 aromatic heterocycles. The average molecular weight is 347 g/mol. The highest BCUT2D eigenvalue weighted by Crippen LogP contribution is 2.22. The molecule has 0 bridgehead atoms. The fourth-order valence-corrected chi connectivity index (χ4v) is 2.39. The molecular weight excluding hydrogens is 332 g/mol. The second-order valence-electron chi connectivity index (χ2n) is 4.55. The first kappa shape index (κ1) is 15.3. The lowest BCUT2D eigenvalue weighted by atomic mass is 10.1. The van der Waals surface area contributed by atoms with Crippen LogP contribution in [0, 0.1) is 0 Å². The summed E-state index contributed by atoms with van der Waals surface area (Å²) in [5, 5.41) is 2.86. The van der Waals surface area contributed by atoms with E-state index in [2.05, 4.69) is 21.2 Å². The molecule has 0 aliphatic rings. The van der Waals surface area contributed by atoms with Crippen LogP contribution in [0.1, 0.15) is 33.2 Å². The van der Waals surface area contributed by atoms with Crippen molar-refractivity contribution in [2.75, 3.05) is 5.32 Å². The van der Waals surface area contributed by atoms with E-state index in [0.717, 1.165) is 22.1 Å². The molecule has 2 rings (SSSR count). The van der Waals surface area contributed by atoms with Gasteiger partial charge in [-0.1, -0.05) is 28.9 Å². The molecule has 2 aromatic carbocycles. The Bertz CT molecular complexity index is 698. The number of anilines is 1. The fourth-order valence-electron chi connectivity index (χ4n) is 1.98. The Morgan fingerprint density at radius 2 is 1.86 bits per heavy atom. The molecule has 0 aliphatic heterocycles.